The van der Waals surface area contributed by atoms with Crippen molar-refractivity contribution in [3.8, 4) is 11.8 Å². The second-order valence-corrected chi connectivity index (χ2v) is 7.55. The predicted octanol–water partition coefficient (Wildman–Crippen LogP) is 3.90. The topological polar surface area (TPSA) is 114 Å². The molecule has 9 nitrogen and oxygen atoms in total. The van der Waals surface area contributed by atoms with Gasteiger partial charge in [-0.25, -0.2) is 15.3 Å². The van der Waals surface area contributed by atoms with Crippen molar-refractivity contribution in [2.24, 2.45) is 5.10 Å². The molecule has 1 amide bonds. The van der Waals surface area contributed by atoms with Gasteiger partial charge in [0.25, 0.3) is 6.08 Å². The summed E-state index contributed by atoms with van der Waals surface area (Å²) in [5.41, 5.74) is 3.64. The van der Waals surface area contributed by atoms with E-state index in [0.29, 0.717) is 35.1 Å². The molecule has 0 aliphatic heterocycles. The first-order valence-corrected chi connectivity index (χ1v) is 10.6. The number of hydrogen-bond acceptors (Lipinski definition) is 9. The van der Waals surface area contributed by atoms with Crippen LogP contribution in [0.1, 0.15) is 11.1 Å². The normalized spacial score (nSPS) is 10.2. The van der Waals surface area contributed by atoms with Gasteiger partial charge in [0.05, 0.1) is 25.4 Å². The zero-order valence-electron chi connectivity index (χ0n) is 17.7. The van der Waals surface area contributed by atoms with Crippen LogP contribution in [0.2, 0.25) is 0 Å². The van der Waals surface area contributed by atoms with E-state index in [2.05, 4.69) is 16.9 Å². The van der Waals surface area contributed by atoms with E-state index >= 15 is 0 Å². The number of hydrogen-bond donors (Lipinski definition) is 2. The number of ether oxygens (including phenoxy) is 2. The van der Waals surface area contributed by atoms with Gasteiger partial charge in [0, 0.05) is 23.0 Å². The molecular formula is C23H21N3O6S. The Morgan fingerprint density at radius 3 is 2.73 bits per heavy atom. The highest BCUT2D eigenvalue weighted by molar-refractivity contribution is 8.13. The number of anilines is 1. The molecule has 0 spiro atoms. The average molecular weight is 468 g/mol. The number of benzene rings is 2. The molecule has 0 unspecified atom stereocenters. The molecule has 10 heteroatoms. The lowest BCUT2D eigenvalue weighted by Crippen LogP contribution is -2.17. The lowest BCUT2D eigenvalue weighted by atomic mass is 10.2. The van der Waals surface area contributed by atoms with Crippen molar-refractivity contribution in [1.82, 2.24) is 5.48 Å². The van der Waals surface area contributed by atoms with E-state index in [9.17, 15) is 9.59 Å². The van der Waals surface area contributed by atoms with Gasteiger partial charge in [-0.2, -0.15) is 0 Å². The van der Waals surface area contributed by atoms with Gasteiger partial charge in [0.15, 0.2) is 0 Å². The van der Waals surface area contributed by atoms with Crippen LogP contribution in [0, 0.1) is 11.8 Å². The minimum Gasteiger partial charge on any atom is -0.438 e. The van der Waals surface area contributed by atoms with Crippen LogP contribution in [0.3, 0.4) is 0 Å². The Kier molecular flexibility index (Phi) is 9.08. The molecular weight excluding hydrogens is 446 g/mol. The molecule has 3 aromatic rings. The Morgan fingerprint density at radius 1 is 1.21 bits per heavy atom. The standard InChI is InChI=1S/C23H21N3O6S/c1-30-13-14-31-15-20-19-6-2-3-7-21(19)32-22(20)26(24-16-27)12-4-5-17-8-10-18(11-9-17)33-23(28)25-29/h2-3,6-11,29H,12-15H2,1H3,(H,25,28). The molecule has 33 heavy (non-hydrogen) atoms. The van der Waals surface area contributed by atoms with Crippen molar-refractivity contribution in [3.63, 3.8) is 0 Å². The van der Waals surface area contributed by atoms with Crippen molar-refractivity contribution in [3.05, 3.63) is 59.7 Å². The summed E-state index contributed by atoms with van der Waals surface area (Å²) in [6, 6.07) is 14.4. The van der Waals surface area contributed by atoms with E-state index in [1.165, 1.54) is 5.01 Å². The maximum Gasteiger partial charge on any atom is 0.307 e. The Labute approximate surface area is 194 Å². The van der Waals surface area contributed by atoms with Gasteiger partial charge < -0.3 is 13.9 Å². The fraction of sp³-hybridized carbons (Fsp3) is 0.217. The Morgan fingerprint density at radius 2 is 2.00 bits per heavy atom. The largest absolute Gasteiger partial charge is 0.438 e. The predicted molar refractivity (Wildman–Crippen MR) is 123 cm³/mol. The molecule has 2 N–H and O–H groups in total. The molecule has 2 aromatic carbocycles. The van der Waals surface area contributed by atoms with Gasteiger partial charge in [0.1, 0.15) is 12.1 Å². The number of hydroxylamine groups is 1. The quantitative estimate of drug-likeness (QED) is 0.0927. The maximum absolute atomic E-state index is 11.2. The summed E-state index contributed by atoms with van der Waals surface area (Å²) >= 11 is 0.851. The van der Waals surface area contributed by atoms with Gasteiger partial charge in [0.2, 0.25) is 5.88 Å². The maximum atomic E-state index is 11.2. The van der Waals surface area contributed by atoms with Crippen LogP contribution in [-0.4, -0.2) is 43.4 Å². The van der Waals surface area contributed by atoms with Crippen LogP contribution in [0.15, 0.2) is 62.9 Å². The van der Waals surface area contributed by atoms with Crippen LogP contribution in [-0.2, 0) is 20.9 Å². The van der Waals surface area contributed by atoms with E-state index in [0.717, 1.165) is 22.7 Å². The summed E-state index contributed by atoms with van der Waals surface area (Å²) in [7, 11) is 1.60. The molecule has 0 saturated carbocycles. The second kappa shape index (κ2) is 12.5. The summed E-state index contributed by atoms with van der Waals surface area (Å²) in [4.78, 5) is 22.9. The van der Waals surface area contributed by atoms with Crippen molar-refractivity contribution in [2.45, 2.75) is 11.5 Å². The smallest absolute Gasteiger partial charge is 0.307 e. The van der Waals surface area contributed by atoms with E-state index < -0.39 is 5.24 Å². The molecule has 1 aromatic heterocycles. The SMILES string of the molecule is COCCOCc1c(N(CC#Cc2ccc(SC(=O)NO)cc2)N=C=O)oc2ccccc12. The van der Waals surface area contributed by atoms with E-state index in [-0.39, 0.29) is 13.2 Å². The third-order valence-electron chi connectivity index (χ3n) is 4.37. The number of furan rings is 1. The lowest BCUT2D eigenvalue weighted by Gasteiger charge is -2.13. The molecule has 170 valence electrons. The van der Waals surface area contributed by atoms with E-state index in [4.69, 9.17) is 19.1 Å². The summed E-state index contributed by atoms with van der Waals surface area (Å²) < 4.78 is 16.6. The first kappa shape index (κ1) is 24.1. The minimum absolute atomic E-state index is 0.0730. The first-order valence-electron chi connectivity index (χ1n) is 9.79. The summed E-state index contributed by atoms with van der Waals surface area (Å²) in [6.45, 7) is 1.17. The third-order valence-corrected chi connectivity index (χ3v) is 5.15. The first-order chi connectivity index (χ1) is 16.2. The number of carbonyl (C=O) groups is 1. The van der Waals surface area contributed by atoms with Gasteiger partial charge in [-0.05, 0) is 42.1 Å². The highest BCUT2D eigenvalue weighted by atomic mass is 32.2. The molecule has 0 fully saturated rings. The van der Waals surface area contributed by atoms with Crippen LogP contribution in [0.5, 0.6) is 0 Å². The van der Waals surface area contributed by atoms with Crippen LogP contribution in [0.25, 0.3) is 11.0 Å². The Balaban J connectivity index is 1.79. The number of nitrogens with zero attached hydrogens (tertiary/aromatic N) is 2. The Bertz CT molecular complexity index is 1190. The number of thioether (sulfide) groups is 1. The molecule has 0 bridgehead atoms. The fourth-order valence-corrected chi connectivity index (χ4v) is 3.44. The molecule has 0 aliphatic rings. The van der Waals surface area contributed by atoms with Gasteiger partial charge in [-0.15, -0.1) is 0 Å². The number of methoxy groups -OCH3 is 1. The number of amides is 1. The number of hydrazone groups is 1. The second-order valence-electron chi connectivity index (χ2n) is 6.50. The van der Waals surface area contributed by atoms with E-state index in [1.807, 2.05) is 24.3 Å². The van der Waals surface area contributed by atoms with Crippen LogP contribution < -0.4 is 10.5 Å². The average Bonchev–Trinajstić information content (AvgIpc) is 3.20. The Hall–Kier alpha value is -3.58. The van der Waals surface area contributed by atoms with Crippen molar-refractivity contribution in [1.29, 1.82) is 0 Å². The molecule has 0 atom stereocenters. The molecule has 3 rings (SSSR count). The highest BCUT2D eigenvalue weighted by Gasteiger charge is 2.19. The molecule has 0 saturated heterocycles. The minimum atomic E-state index is -0.580. The lowest BCUT2D eigenvalue weighted by molar-refractivity contribution is 0.0620. The number of nitrogens with one attached hydrogen (secondary N) is 1. The zero-order valence-corrected chi connectivity index (χ0v) is 18.6. The van der Waals surface area contributed by atoms with E-state index in [1.54, 1.807) is 42.9 Å². The fourth-order valence-electron chi connectivity index (χ4n) is 2.90. The number of fused-ring (bicyclic) bond motifs is 1. The summed E-state index contributed by atoms with van der Waals surface area (Å²) in [5, 5.41) is 14.0. The van der Waals surface area contributed by atoms with Crippen LogP contribution in [0.4, 0.5) is 10.7 Å². The number of para-hydroxylation sites is 1. The van der Waals surface area contributed by atoms with Gasteiger partial charge in [-0.3, -0.25) is 10.0 Å². The van der Waals surface area contributed by atoms with Gasteiger partial charge in [-0.1, -0.05) is 35.1 Å². The number of isocyanates is 1. The molecule has 0 radical (unpaired) electrons. The monoisotopic (exact) mass is 467 g/mol. The highest BCUT2D eigenvalue weighted by Crippen LogP contribution is 2.33. The molecule has 0 aliphatic carbocycles. The van der Waals surface area contributed by atoms with Crippen molar-refractivity contribution >= 4 is 39.9 Å². The number of carbonyl (C=O) groups excluding carboxylic acids is 2. The number of rotatable bonds is 9. The van der Waals surface area contributed by atoms with Crippen molar-refractivity contribution in [2.75, 3.05) is 31.9 Å². The zero-order chi connectivity index (χ0) is 23.5. The third kappa shape index (κ3) is 6.70. The van der Waals surface area contributed by atoms with Crippen LogP contribution >= 0.6 is 11.8 Å². The van der Waals surface area contributed by atoms with Crippen molar-refractivity contribution < 1.29 is 28.7 Å². The molecule has 1 heterocycles. The summed E-state index contributed by atoms with van der Waals surface area (Å²) in [5.74, 6) is 6.30. The van der Waals surface area contributed by atoms with Gasteiger partial charge >= 0.3 is 5.24 Å². The summed E-state index contributed by atoms with van der Waals surface area (Å²) in [6.07, 6.45) is 1.55.